The lowest BCUT2D eigenvalue weighted by atomic mass is 10.2. The maximum atomic E-state index is 11.9. The zero-order valence-corrected chi connectivity index (χ0v) is 12.9. The molecule has 10 heteroatoms. The smallest absolute Gasteiger partial charge is 0.327 e. The molecule has 1 saturated heterocycles. The molecule has 1 atom stereocenters. The van der Waals surface area contributed by atoms with Crippen LogP contribution in [0, 0.1) is 0 Å². The first-order valence-corrected chi connectivity index (χ1v) is 7.49. The number of pyridine rings is 1. The van der Waals surface area contributed by atoms with Gasteiger partial charge in [-0.25, -0.2) is 9.78 Å². The molecule has 0 aromatic carbocycles. The Bertz CT molecular complexity index is 1010. The van der Waals surface area contributed by atoms with Crippen LogP contribution in [0.15, 0.2) is 26.4 Å². The Morgan fingerprint density at radius 2 is 2.21 bits per heavy atom. The molecular formula is C14H15N7O3. The summed E-state index contributed by atoms with van der Waals surface area (Å²) < 4.78 is 5.33. The van der Waals surface area contributed by atoms with E-state index in [1.54, 1.807) is 6.07 Å². The molecule has 3 N–H and O–H groups in total. The van der Waals surface area contributed by atoms with Crippen LogP contribution in [0.5, 0.6) is 0 Å². The van der Waals surface area contributed by atoms with Gasteiger partial charge in [-0.1, -0.05) is 5.16 Å². The number of fused-ring (bicyclic) bond motifs is 1. The first-order chi connectivity index (χ1) is 11.6. The van der Waals surface area contributed by atoms with Crippen molar-refractivity contribution < 1.29 is 4.52 Å². The average molecular weight is 329 g/mol. The van der Waals surface area contributed by atoms with E-state index in [2.05, 4.69) is 35.3 Å². The van der Waals surface area contributed by atoms with Gasteiger partial charge < -0.3 is 9.84 Å². The Morgan fingerprint density at radius 1 is 1.33 bits per heavy atom. The monoisotopic (exact) mass is 329 g/mol. The van der Waals surface area contributed by atoms with E-state index in [4.69, 9.17) is 4.52 Å². The van der Waals surface area contributed by atoms with E-state index in [1.165, 1.54) is 6.20 Å². The summed E-state index contributed by atoms with van der Waals surface area (Å²) in [5.41, 5.74) is -0.381. The van der Waals surface area contributed by atoms with Crippen LogP contribution >= 0.6 is 0 Å². The van der Waals surface area contributed by atoms with Crippen LogP contribution < -0.4 is 16.6 Å². The summed E-state index contributed by atoms with van der Waals surface area (Å²) >= 11 is 0. The van der Waals surface area contributed by atoms with Crippen molar-refractivity contribution in [1.82, 2.24) is 35.3 Å². The molecule has 10 nitrogen and oxygen atoms in total. The van der Waals surface area contributed by atoms with Crippen molar-refractivity contribution in [2.24, 2.45) is 0 Å². The molecule has 4 rings (SSSR count). The van der Waals surface area contributed by atoms with Gasteiger partial charge in [-0.15, -0.1) is 0 Å². The molecule has 124 valence electrons. The summed E-state index contributed by atoms with van der Waals surface area (Å²) in [5.74, 6) is 0.860. The van der Waals surface area contributed by atoms with Crippen molar-refractivity contribution in [3.8, 4) is 11.5 Å². The molecule has 4 heterocycles. The van der Waals surface area contributed by atoms with Crippen molar-refractivity contribution >= 4 is 11.0 Å². The number of hydrogen-bond donors (Lipinski definition) is 3. The lowest BCUT2D eigenvalue weighted by Gasteiger charge is -2.30. The van der Waals surface area contributed by atoms with E-state index in [0.29, 0.717) is 11.4 Å². The zero-order valence-electron chi connectivity index (χ0n) is 12.9. The molecule has 0 spiro atoms. The molecule has 1 fully saturated rings. The minimum Gasteiger partial charge on any atom is -0.334 e. The molecule has 0 bridgehead atoms. The quantitative estimate of drug-likeness (QED) is 0.559. The van der Waals surface area contributed by atoms with E-state index in [9.17, 15) is 9.59 Å². The highest BCUT2D eigenvalue weighted by atomic mass is 16.5. The third-order valence-corrected chi connectivity index (χ3v) is 4.09. The van der Waals surface area contributed by atoms with Gasteiger partial charge in [-0.3, -0.25) is 19.7 Å². The van der Waals surface area contributed by atoms with Gasteiger partial charge in [-0.05, 0) is 13.1 Å². The van der Waals surface area contributed by atoms with Gasteiger partial charge in [0.15, 0.2) is 5.82 Å². The number of likely N-dealkylation sites (N-methyl/N-ethyl adjacent to an activating group) is 1. The fraction of sp³-hybridized carbons (Fsp3) is 0.357. The first kappa shape index (κ1) is 14.7. The van der Waals surface area contributed by atoms with Gasteiger partial charge in [0.2, 0.25) is 0 Å². The van der Waals surface area contributed by atoms with Gasteiger partial charge in [0.1, 0.15) is 5.65 Å². The predicted molar refractivity (Wildman–Crippen MR) is 84.5 cm³/mol. The van der Waals surface area contributed by atoms with Crippen LogP contribution in [0.2, 0.25) is 0 Å². The van der Waals surface area contributed by atoms with Gasteiger partial charge in [-0.2, -0.15) is 4.98 Å². The van der Waals surface area contributed by atoms with Crippen LogP contribution in [0.1, 0.15) is 11.9 Å². The normalized spacial score (nSPS) is 19.0. The lowest BCUT2D eigenvalue weighted by Crippen LogP contribution is -2.44. The number of H-pyrrole nitrogens is 2. The molecule has 1 aliphatic rings. The molecule has 0 amide bonds. The fourth-order valence-electron chi connectivity index (χ4n) is 2.75. The third-order valence-electron chi connectivity index (χ3n) is 4.09. The Kier molecular flexibility index (Phi) is 3.47. The van der Waals surface area contributed by atoms with Crippen LogP contribution in [0.25, 0.3) is 22.5 Å². The number of aromatic nitrogens is 5. The second kappa shape index (κ2) is 5.65. The fourth-order valence-corrected chi connectivity index (χ4v) is 2.75. The molecule has 0 aliphatic carbocycles. The van der Waals surface area contributed by atoms with Crippen molar-refractivity contribution in [2.75, 3.05) is 26.7 Å². The Morgan fingerprint density at radius 3 is 3.04 bits per heavy atom. The van der Waals surface area contributed by atoms with Crippen LogP contribution in [0.3, 0.4) is 0 Å². The second-order valence-electron chi connectivity index (χ2n) is 5.69. The predicted octanol–water partition coefficient (Wildman–Crippen LogP) is -0.762. The molecular weight excluding hydrogens is 314 g/mol. The third kappa shape index (κ3) is 2.51. The van der Waals surface area contributed by atoms with Crippen molar-refractivity contribution in [3.63, 3.8) is 0 Å². The maximum absolute atomic E-state index is 11.9. The van der Waals surface area contributed by atoms with E-state index in [-0.39, 0.29) is 23.0 Å². The van der Waals surface area contributed by atoms with Crippen molar-refractivity contribution in [2.45, 2.75) is 6.04 Å². The van der Waals surface area contributed by atoms with Gasteiger partial charge in [0, 0.05) is 25.8 Å². The van der Waals surface area contributed by atoms with E-state index in [1.807, 2.05) is 7.05 Å². The first-order valence-electron chi connectivity index (χ1n) is 7.49. The summed E-state index contributed by atoms with van der Waals surface area (Å²) in [6.45, 7) is 2.56. The van der Waals surface area contributed by atoms with Crippen LogP contribution in [-0.4, -0.2) is 56.7 Å². The highest BCUT2D eigenvalue weighted by molar-refractivity contribution is 5.77. The summed E-state index contributed by atoms with van der Waals surface area (Å²) in [6.07, 6.45) is 1.48. The average Bonchev–Trinajstić information content (AvgIpc) is 3.04. The Labute approximate surface area is 134 Å². The van der Waals surface area contributed by atoms with E-state index < -0.39 is 11.2 Å². The summed E-state index contributed by atoms with van der Waals surface area (Å²) in [6, 6.07) is 1.60. The van der Waals surface area contributed by atoms with Gasteiger partial charge in [0.25, 0.3) is 11.4 Å². The highest BCUT2D eigenvalue weighted by Crippen LogP contribution is 2.23. The number of piperazine rings is 1. The molecule has 0 radical (unpaired) electrons. The van der Waals surface area contributed by atoms with Gasteiger partial charge >= 0.3 is 5.69 Å². The minimum absolute atomic E-state index is 0.0319. The van der Waals surface area contributed by atoms with Crippen molar-refractivity contribution in [1.29, 1.82) is 0 Å². The Hall–Kier alpha value is -2.85. The topological polar surface area (TPSA) is 133 Å². The number of rotatable bonds is 2. The molecule has 3 aromatic rings. The highest BCUT2D eigenvalue weighted by Gasteiger charge is 2.25. The summed E-state index contributed by atoms with van der Waals surface area (Å²) in [5, 5.41) is 7.59. The van der Waals surface area contributed by atoms with Crippen LogP contribution in [0.4, 0.5) is 0 Å². The Balaban J connectivity index is 1.73. The molecule has 24 heavy (non-hydrogen) atoms. The molecule has 0 saturated carbocycles. The van der Waals surface area contributed by atoms with Gasteiger partial charge in [0.05, 0.1) is 17.0 Å². The summed E-state index contributed by atoms with van der Waals surface area (Å²) in [4.78, 5) is 38.4. The van der Waals surface area contributed by atoms with E-state index in [0.717, 1.165) is 19.6 Å². The van der Waals surface area contributed by atoms with Crippen LogP contribution in [-0.2, 0) is 0 Å². The standard InChI is InChI=1S/C14H15N7O3/c1-21-3-2-15-6-9(21)11-17-13(24-20-11)7-4-8-10(16-5-7)18-14(23)19-12(8)22/h4-5,9,15H,2-3,6H2,1H3,(H2,16,18,19,22,23). The zero-order chi connectivity index (χ0) is 16.7. The number of aromatic amines is 2. The lowest BCUT2D eigenvalue weighted by molar-refractivity contribution is 0.190. The number of nitrogens with one attached hydrogen (secondary N) is 3. The molecule has 3 aromatic heterocycles. The minimum atomic E-state index is -0.597. The number of hydrogen-bond acceptors (Lipinski definition) is 8. The molecule has 1 unspecified atom stereocenters. The van der Waals surface area contributed by atoms with Crippen molar-refractivity contribution in [3.05, 3.63) is 38.9 Å². The molecule has 1 aliphatic heterocycles. The SMILES string of the molecule is CN1CCNCC1c1noc(-c2cnc3[nH]c(=O)[nH]c(=O)c3c2)n1. The number of nitrogens with zero attached hydrogens (tertiary/aromatic N) is 4. The summed E-state index contributed by atoms with van der Waals surface area (Å²) in [7, 11) is 2.01. The largest absolute Gasteiger partial charge is 0.334 e. The van der Waals surface area contributed by atoms with E-state index >= 15 is 0 Å². The maximum Gasteiger partial charge on any atom is 0.327 e. The second-order valence-corrected chi connectivity index (χ2v) is 5.69.